The highest BCUT2D eigenvalue weighted by molar-refractivity contribution is 7.22. The van der Waals surface area contributed by atoms with Crippen LogP contribution >= 0.6 is 11.3 Å². The van der Waals surface area contributed by atoms with E-state index in [9.17, 15) is 9.59 Å². The Morgan fingerprint density at radius 1 is 1.17 bits per heavy atom. The number of benzene rings is 1. The molecular formula is C18H20N2O3S. The molecule has 2 aromatic heterocycles. The van der Waals surface area contributed by atoms with Crippen molar-refractivity contribution in [1.82, 2.24) is 9.13 Å². The molecular weight excluding hydrogens is 324 g/mol. The van der Waals surface area contributed by atoms with E-state index in [4.69, 9.17) is 5.11 Å². The van der Waals surface area contributed by atoms with Gasteiger partial charge in [-0.3, -0.25) is 13.9 Å². The molecule has 0 saturated heterocycles. The number of aryl methyl sites for hydroxylation is 3. The van der Waals surface area contributed by atoms with Crippen LogP contribution in [0, 0.1) is 13.8 Å². The Labute approximate surface area is 143 Å². The van der Waals surface area contributed by atoms with Crippen LogP contribution in [0.2, 0.25) is 0 Å². The molecule has 5 nitrogen and oxygen atoms in total. The molecule has 3 aromatic rings. The summed E-state index contributed by atoms with van der Waals surface area (Å²) in [5, 5.41) is 9.60. The molecule has 6 heteroatoms. The molecule has 0 unspecified atom stereocenters. The molecule has 126 valence electrons. The van der Waals surface area contributed by atoms with Crippen LogP contribution in [-0.2, 0) is 13.6 Å². The second kappa shape index (κ2) is 6.37. The van der Waals surface area contributed by atoms with Crippen molar-refractivity contribution >= 4 is 21.6 Å². The quantitative estimate of drug-likeness (QED) is 0.790. The molecule has 2 heterocycles. The van der Waals surface area contributed by atoms with Gasteiger partial charge in [-0.25, -0.2) is 4.79 Å². The Morgan fingerprint density at radius 2 is 1.88 bits per heavy atom. The number of aliphatic hydroxyl groups is 1. The smallest absolute Gasteiger partial charge is 0.331 e. The van der Waals surface area contributed by atoms with Crippen molar-refractivity contribution in [3.8, 4) is 10.4 Å². The first-order valence-electron chi connectivity index (χ1n) is 7.87. The third kappa shape index (κ3) is 2.52. The standard InChI is InChI=1S/C18H20N2O3S/c1-11-7-4-5-8-13(11)15-12(2)14-16(22)20(9-6-10-21)18(23)19(3)17(14)24-15/h4-5,7-8,21H,6,9-10H2,1-3H3. The normalized spacial score (nSPS) is 11.3. The lowest BCUT2D eigenvalue weighted by Crippen LogP contribution is -2.39. The van der Waals surface area contributed by atoms with Crippen LogP contribution in [0.25, 0.3) is 20.7 Å². The summed E-state index contributed by atoms with van der Waals surface area (Å²) < 4.78 is 2.76. The summed E-state index contributed by atoms with van der Waals surface area (Å²) in [4.78, 5) is 27.0. The van der Waals surface area contributed by atoms with Gasteiger partial charge in [-0.05, 0) is 37.0 Å². The van der Waals surface area contributed by atoms with Gasteiger partial charge in [0.1, 0.15) is 4.83 Å². The summed E-state index contributed by atoms with van der Waals surface area (Å²) in [7, 11) is 1.69. The average molecular weight is 344 g/mol. The van der Waals surface area contributed by atoms with Gasteiger partial charge in [0, 0.05) is 25.1 Å². The van der Waals surface area contributed by atoms with E-state index in [0.29, 0.717) is 16.6 Å². The third-order valence-electron chi connectivity index (χ3n) is 4.34. The highest BCUT2D eigenvalue weighted by Crippen LogP contribution is 2.37. The van der Waals surface area contributed by atoms with Crippen LogP contribution in [0.5, 0.6) is 0 Å². The molecule has 0 spiro atoms. The maximum atomic E-state index is 12.8. The fraction of sp³-hybridized carbons (Fsp3) is 0.333. The van der Waals surface area contributed by atoms with Crippen molar-refractivity contribution in [2.24, 2.45) is 7.05 Å². The van der Waals surface area contributed by atoms with Crippen molar-refractivity contribution in [2.45, 2.75) is 26.8 Å². The fourth-order valence-electron chi connectivity index (χ4n) is 2.99. The monoisotopic (exact) mass is 344 g/mol. The second-order valence-corrected chi connectivity index (χ2v) is 6.93. The molecule has 24 heavy (non-hydrogen) atoms. The molecule has 0 amide bonds. The molecule has 0 radical (unpaired) electrons. The zero-order chi connectivity index (χ0) is 17.4. The molecule has 0 aliphatic heterocycles. The Balaban J connectivity index is 2.35. The maximum absolute atomic E-state index is 12.8. The molecule has 1 N–H and O–H groups in total. The third-order valence-corrected chi connectivity index (χ3v) is 5.74. The van der Waals surface area contributed by atoms with Gasteiger partial charge in [0.05, 0.1) is 5.39 Å². The van der Waals surface area contributed by atoms with Gasteiger partial charge in [0.15, 0.2) is 0 Å². The van der Waals surface area contributed by atoms with Crippen molar-refractivity contribution in [3.63, 3.8) is 0 Å². The van der Waals surface area contributed by atoms with Crippen molar-refractivity contribution in [1.29, 1.82) is 0 Å². The van der Waals surface area contributed by atoms with E-state index >= 15 is 0 Å². The number of hydrogen-bond acceptors (Lipinski definition) is 4. The molecule has 0 bridgehead atoms. The Bertz CT molecular complexity index is 1030. The number of aromatic nitrogens is 2. The Kier molecular flexibility index (Phi) is 4.43. The van der Waals surface area contributed by atoms with E-state index in [1.54, 1.807) is 7.05 Å². The van der Waals surface area contributed by atoms with Gasteiger partial charge in [0.25, 0.3) is 5.56 Å². The number of aliphatic hydroxyl groups excluding tert-OH is 1. The zero-order valence-electron chi connectivity index (χ0n) is 14.0. The lowest BCUT2D eigenvalue weighted by Gasteiger charge is -2.07. The highest BCUT2D eigenvalue weighted by Gasteiger charge is 2.19. The summed E-state index contributed by atoms with van der Waals surface area (Å²) in [5.74, 6) is 0. The number of fused-ring (bicyclic) bond motifs is 1. The number of nitrogens with zero attached hydrogens (tertiary/aromatic N) is 2. The van der Waals surface area contributed by atoms with Crippen molar-refractivity contribution in [3.05, 3.63) is 56.2 Å². The maximum Gasteiger partial charge on any atom is 0.331 e. The number of hydrogen-bond donors (Lipinski definition) is 1. The summed E-state index contributed by atoms with van der Waals surface area (Å²) in [6.07, 6.45) is 0.383. The minimum atomic E-state index is -0.335. The van der Waals surface area contributed by atoms with Crippen LogP contribution in [-0.4, -0.2) is 20.8 Å². The van der Waals surface area contributed by atoms with E-state index in [-0.39, 0.29) is 24.4 Å². The molecule has 0 aliphatic rings. The largest absolute Gasteiger partial charge is 0.396 e. The fourth-order valence-corrected chi connectivity index (χ4v) is 4.33. The molecule has 3 rings (SSSR count). The van der Waals surface area contributed by atoms with Crippen LogP contribution in [0.4, 0.5) is 0 Å². The van der Waals surface area contributed by atoms with Crippen molar-refractivity contribution in [2.75, 3.05) is 6.61 Å². The predicted octanol–water partition coefficient (Wildman–Crippen LogP) is 2.43. The molecule has 0 aliphatic carbocycles. The lowest BCUT2D eigenvalue weighted by molar-refractivity contribution is 0.277. The van der Waals surface area contributed by atoms with Gasteiger partial charge in [-0.1, -0.05) is 24.3 Å². The van der Waals surface area contributed by atoms with E-state index in [1.165, 1.54) is 20.5 Å². The Hall–Kier alpha value is -2.18. The van der Waals surface area contributed by atoms with Crippen molar-refractivity contribution < 1.29 is 5.11 Å². The summed E-state index contributed by atoms with van der Waals surface area (Å²) >= 11 is 1.48. The van der Waals surface area contributed by atoms with Gasteiger partial charge >= 0.3 is 5.69 Å². The van der Waals surface area contributed by atoms with Crippen LogP contribution in [0.3, 0.4) is 0 Å². The number of rotatable bonds is 4. The second-order valence-electron chi connectivity index (χ2n) is 5.93. The highest BCUT2D eigenvalue weighted by atomic mass is 32.1. The van der Waals surface area contributed by atoms with E-state index < -0.39 is 0 Å². The molecule has 0 fully saturated rings. The van der Waals surface area contributed by atoms with Gasteiger partial charge < -0.3 is 5.11 Å². The SMILES string of the molecule is Cc1ccccc1-c1sc2c(c1C)c(=O)n(CCCO)c(=O)n2C. The van der Waals surface area contributed by atoms with Crippen LogP contribution in [0.1, 0.15) is 17.5 Å². The number of thiophene rings is 1. The van der Waals surface area contributed by atoms with E-state index in [1.807, 2.05) is 38.1 Å². The topological polar surface area (TPSA) is 64.2 Å². The van der Waals surface area contributed by atoms with E-state index in [2.05, 4.69) is 0 Å². The summed E-state index contributed by atoms with van der Waals surface area (Å²) in [5.41, 5.74) is 2.53. The first-order valence-corrected chi connectivity index (χ1v) is 8.68. The van der Waals surface area contributed by atoms with Gasteiger partial charge in [0.2, 0.25) is 0 Å². The molecule has 0 saturated carbocycles. The lowest BCUT2D eigenvalue weighted by atomic mass is 10.0. The van der Waals surface area contributed by atoms with E-state index in [0.717, 1.165) is 21.6 Å². The molecule has 1 aromatic carbocycles. The Morgan fingerprint density at radius 3 is 2.54 bits per heavy atom. The van der Waals surface area contributed by atoms with Crippen LogP contribution in [0.15, 0.2) is 33.9 Å². The first kappa shape index (κ1) is 16.7. The average Bonchev–Trinajstić information content (AvgIpc) is 2.91. The van der Waals surface area contributed by atoms with Crippen LogP contribution < -0.4 is 11.2 Å². The minimum Gasteiger partial charge on any atom is -0.396 e. The first-order chi connectivity index (χ1) is 11.5. The zero-order valence-corrected chi connectivity index (χ0v) is 14.8. The molecule has 0 atom stereocenters. The van der Waals surface area contributed by atoms with Gasteiger partial charge in [-0.2, -0.15) is 0 Å². The van der Waals surface area contributed by atoms with Gasteiger partial charge in [-0.15, -0.1) is 11.3 Å². The summed E-state index contributed by atoms with van der Waals surface area (Å²) in [6, 6.07) is 8.04. The summed E-state index contributed by atoms with van der Waals surface area (Å²) in [6.45, 7) is 4.15. The minimum absolute atomic E-state index is 0.0509. The predicted molar refractivity (Wildman–Crippen MR) is 97.9 cm³/mol.